The summed E-state index contributed by atoms with van der Waals surface area (Å²) in [5.74, 6) is 0.365. The Labute approximate surface area is 125 Å². The summed E-state index contributed by atoms with van der Waals surface area (Å²) in [5.41, 5.74) is 1.25. The highest BCUT2D eigenvalue weighted by Crippen LogP contribution is 2.17. The summed E-state index contributed by atoms with van der Waals surface area (Å²) in [4.78, 5) is 24.3. The van der Waals surface area contributed by atoms with Crippen molar-refractivity contribution in [2.45, 2.75) is 13.5 Å². The minimum absolute atomic E-state index is 0.201. The normalized spacial score (nSPS) is 10.1. The largest absolute Gasteiger partial charge is 0.370 e. The number of amides is 1. The maximum Gasteiger partial charge on any atom is 0.255 e. The van der Waals surface area contributed by atoms with Crippen LogP contribution in [0.4, 0.5) is 5.82 Å². The molecule has 0 atom stereocenters. The van der Waals surface area contributed by atoms with Gasteiger partial charge in [0, 0.05) is 23.4 Å². The van der Waals surface area contributed by atoms with Crippen LogP contribution in [0.5, 0.6) is 0 Å². The summed E-state index contributed by atoms with van der Waals surface area (Å²) in [6, 6.07) is 3.49. The first-order chi connectivity index (χ1) is 9.70. The van der Waals surface area contributed by atoms with E-state index in [1.165, 1.54) is 6.33 Å². The van der Waals surface area contributed by atoms with Crippen molar-refractivity contribution in [3.63, 3.8) is 0 Å². The van der Waals surface area contributed by atoms with Crippen LogP contribution in [0, 0.1) is 0 Å². The average Bonchev–Trinajstić information content (AvgIpc) is 2.48. The summed E-state index contributed by atoms with van der Waals surface area (Å²) in [6.45, 7) is 2.99. The molecular weight excluding hydrogens is 322 g/mol. The van der Waals surface area contributed by atoms with Crippen LogP contribution in [0.3, 0.4) is 0 Å². The number of nitrogens with one attached hydrogen (secondary N) is 2. The topological polar surface area (TPSA) is 79.8 Å². The maximum absolute atomic E-state index is 12.2. The molecule has 0 saturated heterocycles. The van der Waals surface area contributed by atoms with E-state index in [0.29, 0.717) is 24.5 Å². The van der Waals surface area contributed by atoms with Crippen molar-refractivity contribution in [1.29, 1.82) is 0 Å². The van der Waals surface area contributed by atoms with Crippen molar-refractivity contribution in [3.8, 4) is 0 Å². The molecule has 20 heavy (non-hydrogen) atoms. The molecule has 7 heteroatoms. The second-order valence-corrected chi connectivity index (χ2v) is 4.88. The Bertz CT molecular complexity index is 591. The molecule has 0 spiro atoms. The minimum Gasteiger partial charge on any atom is -0.370 e. The SMILES string of the molecule is CCNc1ncc(Br)cc1C(=O)NCc1ccncn1. The van der Waals surface area contributed by atoms with E-state index in [4.69, 9.17) is 0 Å². The number of carbonyl (C=O) groups excluding carboxylic acids is 1. The summed E-state index contributed by atoms with van der Waals surface area (Å²) in [6.07, 6.45) is 4.74. The van der Waals surface area contributed by atoms with E-state index in [-0.39, 0.29) is 5.91 Å². The van der Waals surface area contributed by atoms with E-state index in [9.17, 15) is 4.79 Å². The van der Waals surface area contributed by atoms with Crippen molar-refractivity contribution in [3.05, 3.63) is 46.6 Å². The fourth-order valence-electron chi connectivity index (χ4n) is 1.61. The molecule has 2 rings (SSSR count). The Morgan fingerprint density at radius 1 is 1.40 bits per heavy atom. The number of rotatable bonds is 5. The molecule has 2 heterocycles. The Morgan fingerprint density at radius 2 is 2.25 bits per heavy atom. The van der Waals surface area contributed by atoms with Gasteiger partial charge in [-0.15, -0.1) is 0 Å². The molecule has 104 valence electrons. The van der Waals surface area contributed by atoms with Gasteiger partial charge in [0.15, 0.2) is 0 Å². The number of pyridine rings is 1. The fraction of sp³-hybridized carbons (Fsp3) is 0.231. The molecular formula is C13H14BrN5O. The van der Waals surface area contributed by atoms with E-state index in [0.717, 1.165) is 10.2 Å². The predicted molar refractivity (Wildman–Crippen MR) is 79.3 cm³/mol. The van der Waals surface area contributed by atoms with Crippen LogP contribution in [-0.4, -0.2) is 27.4 Å². The van der Waals surface area contributed by atoms with Crippen LogP contribution in [-0.2, 0) is 6.54 Å². The lowest BCUT2D eigenvalue weighted by atomic mass is 10.2. The zero-order valence-corrected chi connectivity index (χ0v) is 12.5. The second kappa shape index (κ2) is 6.95. The highest BCUT2D eigenvalue weighted by Gasteiger charge is 2.13. The standard InChI is InChI=1S/C13H14BrN5O/c1-2-16-12-11(5-9(14)6-17-12)13(20)18-7-10-3-4-15-8-19-10/h3-6,8H,2,7H2,1H3,(H,16,17)(H,18,20). The van der Waals surface area contributed by atoms with Crippen molar-refractivity contribution < 1.29 is 4.79 Å². The number of anilines is 1. The van der Waals surface area contributed by atoms with Gasteiger partial charge < -0.3 is 10.6 Å². The fourth-order valence-corrected chi connectivity index (χ4v) is 1.94. The summed E-state index contributed by atoms with van der Waals surface area (Å²) < 4.78 is 0.756. The van der Waals surface area contributed by atoms with Gasteiger partial charge >= 0.3 is 0 Å². The quantitative estimate of drug-likeness (QED) is 0.873. The van der Waals surface area contributed by atoms with Gasteiger partial charge in [-0.2, -0.15) is 0 Å². The van der Waals surface area contributed by atoms with Gasteiger partial charge in [0.2, 0.25) is 0 Å². The zero-order valence-electron chi connectivity index (χ0n) is 10.9. The van der Waals surface area contributed by atoms with Gasteiger partial charge in [-0.1, -0.05) is 0 Å². The molecule has 0 aliphatic rings. The Balaban J connectivity index is 2.10. The Hall–Kier alpha value is -2.02. The molecule has 2 N–H and O–H groups in total. The highest BCUT2D eigenvalue weighted by atomic mass is 79.9. The van der Waals surface area contributed by atoms with Crippen molar-refractivity contribution in [1.82, 2.24) is 20.3 Å². The van der Waals surface area contributed by atoms with Crippen molar-refractivity contribution >= 4 is 27.7 Å². The maximum atomic E-state index is 12.2. The number of nitrogens with zero attached hydrogens (tertiary/aromatic N) is 3. The molecule has 2 aromatic rings. The monoisotopic (exact) mass is 335 g/mol. The van der Waals surface area contributed by atoms with Gasteiger partial charge in [0.05, 0.1) is 17.8 Å². The zero-order chi connectivity index (χ0) is 14.4. The molecule has 0 bridgehead atoms. The van der Waals surface area contributed by atoms with Gasteiger partial charge in [-0.25, -0.2) is 15.0 Å². The predicted octanol–water partition coefficient (Wildman–Crippen LogP) is 2.00. The first-order valence-electron chi connectivity index (χ1n) is 6.13. The van der Waals surface area contributed by atoms with E-state index in [2.05, 4.69) is 41.5 Å². The van der Waals surface area contributed by atoms with Crippen LogP contribution in [0.1, 0.15) is 23.0 Å². The van der Waals surface area contributed by atoms with E-state index >= 15 is 0 Å². The molecule has 2 aromatic heterocycles. The average molecular weight is 336 g/mol. The van der Waals surface area contributed by atoms with Crippen LogP contribution in [0.15, 0.2) is 35.3 Å². The summed E-state index contributed by atoms with van der Waals surface area (Å²) >= 11 is 3.32. The number of halogens is 1. The smallest absolute Gasteiger partial charge is 0.255 e. The molecule has 0 aromatic carbocycles. The second-order valence-electron chi connectivity index (χ2n) is 3.96. The molecule has 0 fully saturated rings. The minimum atomic E-state index is -0.201. The molecule has 0 radical (unpaired) electrons. The molecule has 0 aliphatic carbocycles. The number of hydrogen-bond acceptors (Lipinski definition) is 5. The molecule has 0 unspecified atom stereocenters. The number of aromatic nitrogens is 3. The van der Waals surface area contributed by atoms with Crippen molar-refractivity contribution in [2.75, 3.05) is 11.9 Å². The third-order valence-electron chi connectivity index (χ3n) is 2.52. The van der Waals surface area contributed by atoms with E-state index in [1.54, 1.807) is 24.5 Å². The van der Waals surface area contributed by atoms with Gasteiger partial charge in [0.1, 0.15) is 12.1 Å². The van der Waals surface area contributed by atoms with Gasteiger partial charge in [-0.3, -0.25) is 4.79 Å². The Morgan fingerprint density at radius 3 is 2.95 bits per heavy atom. The van der Waals surface area contributed by atoms with Crippen LogP contribution >= 0.6 is 15.9 Å². The summed E-state index contributed by atoms with van der Waals surface area (Å²) in [7, 11) is 0. The molecule has 6 nitrogen and oxygen atoms in total. The van der Waals surface area contributed by atoms with E-state index < -0.39 is 0 Å². The molecule has 1 amide bonds. The van der Waals surface area contributed by atoms with Gasteiger partial charge in [0.25, 0.3) is 5.91 Å². The lowest BCUT2D eigenvalue weighted by molar-refractivity contribution is 0.0951. The molecule has 0 aliphatic heterocycles. The summed E-state index contributed by atoms with van der Waals surface area (Å²) in [5, 5.41) is 5.88. The first kappa shape index (κ1) is 14.4. The van der Waals surface area contributed by atoms with Crippen molar-refractivity contribution in [2.24, 2.45) is 0 Å². The Kier molecular flexibility index (Phi) is 5.00. The lowest BCUT2D eigenvalue weighted by Crippen LogP contribution is -2.25. The molecule has 0 saturated carbocycles. The number of carbonyl (C=O) groups is 1. The number of hydrogen-bond donors (Lipinski definition) is 2. The van der Waals surface area contributed by atoms with Crippen LogP contribution in [0.2, 0.25) is 0 Å². The van der Waals surface area contributed by atoms with E-state index in [1.807, 2.05) is 6.92 Å². The third-order valence-corrected chi connectivity index (χ3v) is 2.95. The van der Waals surface area contributed by atoms with Gasteiger partial charge in [-0.05, 0) is 35.0 Å². The highest BCUT2D eigenvalue weighted by molar-refractivity contribution is 9.10. The van der Waals surface area contributed by atoms with Crippen LogP contribution < -0.4 is 10.6 Å². The first-order valence-corrected chi connectivity index (χ1v) is 6.92. The lowest BCUT2D eigenvalue weighted by Gasteiger charge is -2.10. The third kappa shape index (κ3) is 3.74. The van der Waals surface area contributed by atoms with Crippen LogP contribution in [0.25, 0.3) is 0 Å².